The van der Waals surface area contributed by atoms with Crippen LogP contribution in [0.3, 0.4) is 0 Å². The lowest BCUT2D eigenvalue weighted by atomic mass is 9.97. The van der Waals surface area contributed by atoms with E-state index in [9.17, 15) is 14.0 Å². The molecule has 3 heterocycles. The third kappa shape index (κ3) is 6.78. The summed E-state index contributed by atoms with van der Waals surface area (Å²) in [6.07, 6.45) is 7.60. The number of likely N-dealkylation sites (tertiary alicyclic amines) is 2. The van der Waals surface area contributed by atoms with E-state index in [4.69, 9.17) is 10.5 Å². The number of piperidine rings is 2. The van der Waals surface area contributed by atoms with Crippen LogP contribution in [0.1, 0.15) is 56.3 Å². The van der Waals surface area contributed by atoms with E-state index in [-0.39, 0.29) is 5.91 Å². The van der Waals surface area contributed by atoms with Crippen LogP contribution in [0.4, 0.5) is 4.39 Å². The van der Waals surface area contributed by atoms with Crippen molar-refractivity contribution in [3.05, 3.63) is 42.2 Å². The van der Waals surface area contributed by atoms with Gasteiger partial charge in [-0.1, -0.05) is 12.1 Å². The first-order valence-electron chi connectivity index (χ1n) is 12.8. The monoisotopic (exact) mass is 497 g/mol. The summed E-state index contributed by atoms with van der Waals surface area (Å²) in [5.41, 5.74) is 6.36. The van der Waals surface area contributed by atoms with Crippen LogP contribution in [-0.4, -0.2) is 76.1 Å². The number of carbonyl (C=O) groups is 2. The van der Waals surface area contributed by atoms with E-state index in [0.717, 1.165) is 44.3 Å². The molecule has 9 heteroatoms. The summed E-state index contributed by atoms with van der Waals surface area (Å²) < 4.78 is 19.7. The maximum absolute atomic E-state index is 13.9. The number of carbonyl (C=O) groups excluding carboxylic acids is 2. The summed E-state index contributed by atoms with van der Waals surface area (Å²) in [6.45, 7) is 6.57. The van der Waals surface area contributed by atoms with Gasteiger partial charge in [-0.25, -0.2) is 14.4 Å². The van der Waals surface area contributed by atoms with E-state index in [2.05, 4.69) is 14.9 Å². The molecule has 2 N–H and O–H groups in total. The van der Waals surface area contributed by atoms with Gasteiger partial charge in [-0.15, -0.1) is 0 Å². The van der Waals surface area contributed by atoms with Gasteiger partial charge in [0.2, 0.25) is 11.8 Å². The van der Waals surface area contributed by atoms with E-state index in [1.807, 2.05) is 12.1 Å². The first-order valence-corrected chi connectivity index (χ1v) is 12.8. The molecule has 2 aliphatic rings. The molecule has 2 fully saturated rings. The number of aromatic nitrogens is 2. The van der Waals surface area contributed by atoms with Gasteiger partial charge in [-0.3, -0.25) is 9.59 Å². The van der Waals surface area contributed by atoms with Crippen LogP contribution in [0.25, 0.3) is 11.3 Å². The van der Waals surface area contributed by atoms with Gasteiger partial charge in [0.05, 0.1) is 24.7 Å². The second kappa shape index (κ2) is 11.3. The molecule has 2 amide bonds. The van der Waals surface area contributed by atoms with E-state index in [1.165, 1.54) is 0 Å². The predicted molar refractivity (Wildman–Crippen MR) is 135 cm³/mol. The Morgan fingerprint density at radius 1 is 1.06 bits per heavy atom. The van der Waals surface area contributed by atoms with Gasteiger partial charge in [-0.05, 0) is 77.1 Å². The quantitative estimate of drug-likeness (QED) is 0.599. The number of alkyl halides is 1. The summed E-state index contributed by atoms with van der Waals surface area (Å²) in [4.78, 5) is 37.3. The fourth-order valence-electron chi connectivity index (χ4n) is 5.01. The summed E-state index contributed by atoms with van der Waals surface area (Å²) in [5, 5.41) is 0. The average molecular weight is 498 g/mol. The van der Waals surface area contributed by atoms with E-state index in [0.29, 0.717) is 49.2 Å². The Morgan fingerprint density at radius 2 is 1.78 bits per heavy atom. The molecule has 0 saturated carbocycles. The van der Waals surface area contributed by atoms with Gasteiger partial charge >= 0.3 is 0 Å². The Labute approximate surface area is 212 Å². The highest BCUT2D eigenvalue weighted by atomic mass is 19.1. The van der Waals surface area contributed by atoms with Gasteiger partial charge in [0.25, 0.3) is 5.91 Å². The smallest absolute Gasteiger partial charge is 0.254 e. The molecule has 194 valence electrons. The van der Waals surface area contributed by atoms with Crippen molar-refractivity contribution in [1.82, 2.24) is 19.8 Å². The minimum atomic E-state index is -1.17. The number of rotatable bonds is 8. The lowest BCUT2D eigenvalue weighted by Crippen LogP contribution is -2.50. The molecule has 1 aromatic heterocycles. The third-order valence-electron chi connectivity index (χ3n) is 6.92. The van der Waals surface area contributed by atoms with Gasteiger partial charge in [0, 0.05) is 24.2 Å². The van der Waals surface area contributed by atoms with Crippen molar-refractivity contribution in [2.24, 2.45) is 11.7 Å². The lowest BCUT2D eigenvalue weighted by Gasteiger charge is -2.34. The van der Waals surface area contributed by atoms with Crippen LogP contribution >= 0.6 is 0 Å². The van der Waals surface area contributed by atoms with Crippen molar-refractivity contribution >= 4 is 11.8 Å². The Morgan fingerprint density at radius 3 is 2.39 bits per heavy atom. The molecule has 2 saturated heterocycles. The van der Waals surface area contributed by atoms with Crippen LogP contribution in [0.2, 0.25) is 0 Å². The molecule has 0 unspecified atom stereocenters. The van der Waals surface area contributed by atoms with Crippen LogP contribution < -0.4 is 10.5 Å². The summed E-state index contributed by atoms with van der Waals surface area (Å²) in [7, 11) is 0. The molecule has 2 aromatic rings. The lowest BCUT2D eigenvalue weighted by molar-refractivity contribution is -0.123. The molecule has 0 radical (unpaired) electrons. The number of hydrogen-bond donors (Lipinski definition) is 1. The van der Waals surface area contributed by atoms with Crippen LogP contribution in [0, 0.1) is 5.92 Å². The normalized spacial score (nSPS) is 19.8. The zero-order chi connectivity index (χ0) is 25.7. The largest absolute Gasteiger partial charge is 0.476 e. The van der Waals surface area contributed by atoms with Gasteiger partial charge in [0.15, 0.2) is 0 Å². The maximum atomic E-state index is 13.9. The number of benzene rings is 1. The first kappa shape index (κ1) is 26.0. The maximum Gasteiger partial charge on any atom is 0.254 e. The van der Waals surface area contributed by atoms with Gasteiger partial charge < -0.3 is 20.3 Å². The van der Waals surface area contributed by atoms with Gasteiger partial charge in [0.1, 0.15) is 11.7 Å². The van der Waals surface area contributed by atoms with E-state index >= 15 is 0 Å². The summed E-state index contributed by atoms with van der Waals surface area (Å²) >= 11 is 0. The highest BCUT2D eigenvalue weighted by Crippen LogP contribution is 2.24. The summed E-state index contributed by atoms with van der Waals surface area (Å²) in [6, 6.07) is 6.60. The molecule has 0 spiro atoms. The van der Waals surface area contributed by atoms with Crippen molar-refractivity contribution in [1.29, 1.82) is 0 Å². The molecule has 1 atom stereocenters. The topological polar surface area (TPSA) is 102 Å². The zero-order valence-electron chi connectivity index (χ0n) is 21.2. The average Bonchev–Trinajstić information content (AvgIpc) is 2.87. The highest BCUT2D eigenvalue weighted by molar-refractivity contribution is 5.97. The summed E-state index contributed by atoms with van der Waals surface area (Å²) in [5.74, 6) is 0.257. The second-order valence-electron chi connectivity index (χ2n) is 10.5. The fraction of sp³-hybridized carbons (Fsp3) is 0.556. The third-order valence-corrected chi connectivity index (χ3v) is 6.92. The number of hydrogen-bond acceptors (Lipinski definition) is 6. The second-order valence-corrected chi connectivity index (χ2v) is 10.5. The number of primary amides is 1. The minimum absolute atomic E-state index is 0.181. The van der Waals surface area contributed by atoms with Crippen LogP contribution in [0.15, 0.2) is 36.7 Å². The SMILES string of the molecule is CC(C)(F)CN1CCC(COc2cnc(-c3ccc(C(=O)N4CCCC[C@@H]4C(N)=O)cc3)cn2)CC1. The van der Waals surface area contributed by atoms with Crippen molar-refractivity contribution < 1.29 is 18.7 Å². The number of nitrogens with zero attached hydrogens (tertiary/aromatic N) is 4. The molecule has 36 heavy (non-hydrogen) atoms. The molecule has 0 bridgehead atoms. The van der Waals surface area contributed by atoms with Crippen LogP contribution in [0.5, 0.6) is 5.88 Å². The van der Waals surface area contributed by atoms with E-state index in [1.54, 1.807) is 43.3 Å². The molecule has 1 aromatic carbocycles. The molecular formula is C27H36FN5O3. The Balaban J connectivity index is 1.29. The highest BCUT2D eigenvalue weighted by Gasteiger charge is 2.31. The molecule has 8 nitrogen and oxygen atoms in total. The Hall–Kier alpha value is -3.07. The Kier molecular flexibility index (Phi) is 8.18. The number of halogens is 1. The van der Waals surface area contributed by atoms with Crippen molar-refractivity contribution in [2.45, 2.75) is 57.7 Å². The molecule has 0 aliphatic carbocycles. The number of ether oxygens (including phenoxy) is 1. The van der Waals surface area contributed by atoms with Crippen molar-refractivity contribution in [2.75, 3.05) is 32.8 Å². The molecule has 4 rings (SSSR count). The predicted octanol–water partition coefficient (Wildman–Crippen LogP) is 3.46. The number of amides is 2. The standard InChI is InChI=1S/C27H36FN5O3/c1-27(2,28)18-32-13-10-19(11-14-32)17-36-24-16-30-22(15-31-24)20-6-8-21(9-7-20)26(35)33-12-4-3-5-23(33)25(29)34/h6-9,15-16,19,23H,3-5,10-14,17-18H2,1-2H3,(H2,29,34)/t23-/m1/s1. The minimum Gasteiger partial charge on any atom is -0.476 e. The molecular weight excluding hydrogens is 461 g/mol. The number of nitrogens with two attached hydrogens (primary N) is 1. The Bertz CT molecular complexity index is 1030. The van der Waals surface area contributed by atoms with Crippen molar-refractivity contribution in [3.63, 3.8) is 0 Å². The van der Waals surface area contributed by atoms with Crippen LogP contribution in [-0.2, 0) is 4.79 Å². The van der Waals surface area contributed by atoms with Gasteiger partial charge in [-0.2, -0.15) is 0 Å². The molecule has 2 aliphatic heterocycles. The fourth-order valence-corrected chi connectivity index (χ4v) is 5.01. The first-order chi connectivity index (χ1) is 17.2. The van der Waals surface area contributed by atoms with E-state index < -0.39 is 17.6 Å². The zero-order valence-corrected chi connectivity index (χ0v) is 21.2. The van der Waals surface area contributed by atoms with Crippen molar-refractivity contribution in [3.8, 4) is 17.1 Å².